The normalized spacial score (nSPS) is 22.6. The van der Waals surface area contributed by atoms with E-state index in [0.717, 1.165) is 31.8 Å². The lowest BCUT2D eigenvalue weighted by molar-refractivity contribution is -0.158. The number of esters is 1. The smallest absolute Gasteiger partial charge is 0.311 e. The van der Waals surface area contributed by atoms with Gasteiger partial charge in [0.15, 0.2) is 0 Å². The average molecular weight is 254 g/mol. The van der Waals surface area contributed by atoms with Gasteiger partial charge in [-0.15, -0.1) is 0 Å². The minimum atomic E-state index is -0.392. The van der Waals surface area contributed by atoms with Crippen molar-refractivity contribution in [1.29, 1.82) is 0 Å². The molecule has 1 fully saturated rings. The van der Waals surface area contributed by atoms with Crippen molar-refractivity contribution in [3.63, 3.8) is 0 Å². The second-order valence-electron chi connectivity index (χ2n) is 6.53. The van der Waals surface area contributed by atoms with Gasteiger partial charge in [0.25, 0.3) is 0 Å². The maximum Gasteiger partial charge on any atom is 0.311 e. The maximum absolute atomic E-state index is 11.7. The molecule has 0 bridgehead atoms. The van der Waals surface area contributed by atoms with Crippen LogP contribution >= 0.6 is 0 Å². The molecule has 18 heavy (non-hydrogen) atoms. The second kappa shape index (κ2) is 7.13. The number of carbonyl (C=O) groups is 1. The molecule has 0 saturated carbocycles. The number of piperidine rings is 1. The molecule has 0 N–H and O–H groups in total. The SMILES string of the molecule is CC(CCCC1CCC[N]C1)OC(=O)C(C)(C)C. The Labute approximate surface area is 112 Å². The molecule has 2 atom stereocenters. The summed E-state index contributed by atoms with van der Waals surface area (Å²) < 4.78 is 5.44. The molecule has 3 heteroatoms. The first kappa shape index (κ1) is 15.5. The van der Waals surface area contributed by atoms with Crippen LogP contribution < -0.4 is 5.32 Å². The molecule has 0 spiro atoms. The molecule has 0 aromatic heterocycles. The zero-order chi connectivity index (χ0) is 13.6. The molecule has 0 aromatic rings. The van der Waals surface area contributed by atoms with Crippen LogP contribution in [0.4, 0.5) is 0 Å². The van der Waals surface area contributed by atoms with E-state index >= 15 is 0 Å². The minimum absolute atomic E-state index is 0.0391. The first-order valence-electron chi connectivity index (χ1n) is 7.24. The fourth-order valence-corrected chi connectivity index (χ4v) is 2.20. The Bertz CT molecular complexity index is 252. The summed E-state index contributed by atoms with van der Waals surface area (Å²) in [7, 11) is 0. The van der Waals surface area contributed by atoms with Gasteiger partial charge in [0.1, 0.15) is 0 Å². The van der Waals surface area contributed by atoms with E-state index in [-0.39, 0.29) is 12.1 Å². The summed E-state index contributed by atoms with van der Waals surface area (Å²) in [6.45, 7) is 9.77. The third-order valence-corrected chi connectivity index (χ3v) is 3.46. The number of ether oxygens (including phenoxy) is 1. The third kappa shape index (κ3) is 5.85. The molecule has 2 unspecified atom stereocenters. The van der Waals surface area contributed by atoms with Crippen LogP contribution in [0.5, 0.6) is 0 Å². The number of carbonyl (C=O) groups excluding carboxylic acids is 1. The second-order valence-corrected chi connectivity index (χ2v) is 6.53. The Balaban J connectivity index is 2.13. The number of hydrogen-bond acceptors (Lipinski definition) is 2. The van der Waals surface area contributed by atoms with Crippen LogP contribution in [0.15, 0.2) is 0 Å². The lowest BCUT2D eigenvalue weighted by Gasteiger charge is -2.23. The summed E-state index contributed by atoms with van der Waals surface area (Å²) in [6, 6.07) is 0. The first-order valence-corrected chi connectivity index (χ1v) is 7.24. The van der Waals surface area contributed by atoms with E-state index in [1.807, 2.05) is 27.7 Å². The molecule has 1 radical (unpaired) electrons. The molecule has 0 amide bonds. The summed E-state index contributed by atoms with van der Waals surface area (Å²) >= 11 is 0. The summed E-state index contributed by atoms with van der Waals surface area (Å²) in [4.78, 5) is 11.7. The van der Waals surface area contributed by atoms with Gasteiger partial charge >= 0.3 is 5.97 Å². The van der Waals surface area contributed by atoms with Gasteiger partial charge in [-0.1, -0.05) is 0 Å². The van der Waals surface area contributed by atoms with Crippen molar-refractivity contribution in [1.82, 2.24) is 5.32 Å². The Kier molecular flexibility index (Phi) is 6.13. The summed E-state index contributed by atoms with van der Waals surface area (Å²) in [6.07, 6.45) is 5.94. The largest absolute Gasteiger partial charge is 0.462 e. The van der Waals surface area contributed by atoms with Crippen LogP contribution in [-0.4, -0.2) is 25.2 Å². The van der Waals surface area contributed by atoms with Gasteiger partial charge in [-0.05, 0) is 65.7 Å². The van der Waals surface area contributed by atoms with Crippen LogP contribution in [0.25, 0.3) is 0 Å². The van der Waals surface area contributed by atoms with Gasteiger partial charge in [-0.25, -0.2) is 5.32 Å². The van der Waals surface area contributed by atoms with Crippen LogP contribution in [0.1, 0.15) is 59.8 Å². The number of hydrogen-bond donors (Lipinski definition) is 0. The highest BCUT2D eigenvalue weighted by molar-refractivity contribution is 5.75. The summed E-state index contributed by atoms with van der Waals surface area (Å²) in [5, 5.41) is 4.45. The highest BCUT2D eigenvalue weighted by atomic mass is 16.5. The molecular weight excluding hydrogens is 226 g/mol. The molecule has 1 saturated heterocycles. The van der Waals surface area contributed by atoms with Gasteiger partial charge in [-0.3, -0.25) is 4.79 Å². The quantitative estimate of drug-likeness (QED) is 0.707. The van der Waals surface area contributed by atoms with E-state index in [0.29, 0.717) is 0 Å². The van der Waals surface area contributed by atoms with Gasteiger partial charge in [0, 0.05) is 13.1 Å². The van der Waals surface area contributed by atoms with E-state index in [4.69, 9.17) is 4.74 Å². The van der Waals surface area contributed by atoms with Gasteiger partial charge in [0.2, 0.25) is 0 Å². The van der Waals surface area contributed by atoms with Crippen molar-refractivity contribution in [2.75, 3.05) is 13.1 Å². The van der Waals surface area contributed by atoms with Crippen LogP contribution in [0, 0.1) is 11.3 Å². The third-order valence-electron chi connectivity index (χ3n) is 3.46. The zero-order valence-electron chi connectivity index (χ0n) is 12.4. The van der Waals surface area contributed by atoms with Crippen molar-refractivity contribution >= 4 is 5.97 Å². The molecule has 3 nitrogen and oxygen atoms in total. The van der Waals surface area contributed by atoms with E-state index in [1.54, 1.807) is 0 Å². The molecular formula is C15H28NO2. The van der Waals surface area contributed by atoms with Crippen molar-refractivity contribution in [2.45, 2.75) is 65.9 Å². The predicted molar refractivity (Wildman–Crippen MR) is 73.5 cm³/mol. The predicted octanol–water partition coefficient (Wildman–Crippen LogP) is 3.15. The van der Waals surface area contributed by atoms with Crippen molar-refractivity contribution in [2.24, 2.45) is 11.3 Å². The molecule has 1 aliphatic rings. The molecule has 0 aliphatic carbocycles. The lowest BCUT2D eigenvalue weighted by Crippen LogP contribution is -2.27. The molecule has 0 aromatic carbocycles. The highest BCUT2D eigenvalue weighted by Crippen LogP contribution is 2.21. The fourth-order valence-electron chi connectivity index (χ4n) is 2.20. The van der Waals surface area contributed by atoms with Gasteiger partial charge in [-0.2, -0.15) is 0 Å². The maximum atomic E-state index is 11.7. The zero-order valence-corrected chi connectivity index (χ0v) is 12.4. The number of rotatable bonds is 5. The van der Waals surface area contributed by atoms with Crippen molar-refractivity contribution < 1.29 is 9.53 Å². The van der Waals surface area contributed by atoms with Crippen LogP contribution in [0.2, 0.25) is 0 Å². The van der Waals surface area contributed by atoms with E-state index in [2.05, 4.69) is 5.32 Å². The van der Waals surface area contributed by atoms with E-state index in [1.165, 1.54) is 19.3 Å². The monoisotopic (exact) mass is 254 g/mol. The Morgan fingerprint density at radius 2 is 2.17 bits per heavy atom. The molecule has 1 heterocycles. The molecule has 105 valence electrons. The summed E-state index contributed by atoms with van der Waals surface area (Å²) in [5.41, 5.74) is -0.392. The minimum Gasteiger partial charge on any atom is -0.462 e. The van der Waals surface area contributed by atoms with E-state index < -0.39 is 5.41 Å². The Hall–Kier alpha value is -0.570. The highest BCUT2D eigenvalue weighted by Gasteiger charge is 2.24. The van der Waals surface area contributed by atoms with Crippen molar-refractivity contribution in [3.8, 4) is 0 Å². The molecule has 1 rings (SSSR count). The standard InChI is InChI=1S/C15H28NO2/c1-12(18-14(17)15(2,3)4)7-5-8-13-9-6-10-16-11-13/h12-13H,5-11H2,1-4H3. The van der Waals surface area contributed by atoms with Crippen LogP contribution in [0.3, 0.4) is 0 Å². The Morgan fingerprint density at radius 3 is 2.72 bits per heavy atom. The first-order chi connectivity index (χ1) is 8.39. The lowest BCUT2D eigenvalue weighted by atomic mass is 9.93. The topological polar surface area (TPSA) is 40.4 Å². The fraction of sp³-hybridized carbons (Fsp3) is 0.933. The summed E-state index contributed by atoms with van der Waals surface area (Å²) in [5.74, 6) is 0.673. The Morgan fingerprint density at radius 1 is 1.44 bits per heavy atom. The number of nitrogens with zero attached hydrogens (tertiary/aromatic N) is 1. The van der Waals surface area contributed by atoms with Gasteiger partial charge < -0.3 is 4.74 Å². The van der Waals surface area contributed by atoms with Crippen molar-refractivity contribution in [3.05, 3.63) is 0 Å². The average Bonchev–Trinajstić information content (AvgIpc) is 2.29. The molecule has 1 aliphatic heterocycles. The van der Waals surface area contributed by atoms with Gasteiger partial charge in [0.05, 0.1) is 11.5 Å². The van der Waals surface area contributed by atoms with E-state index in [9.17, 15) is 4.79 Å². The van der Waals surface area contributed by atoms with Crippen LogP contribution in [-0.2, 0) is 9.53 Å².